The molecule has 0 radical (unpaired) electrons. The minimum absolute atomic E-state index is 0.170. The number of rotatable bonds is 5. The Kier molecular flexibility index (Phi) is 9.03. The van der Waals surface area contributed by atoms with E-state index in [1.54, 1.807) is 13.0 Å². The average Bonchev–Trinajstić information content (AvgIpc) is 3.18. The molecule has 1 fully saturated rings. The monoisotopic (exact) mass is 384 g/mol. The summed E-state index contributed by atoms with van der Waals surface area (Å²) in [6, 6.07) is 3.68. The predicted molar refractivity (Wildman–Crippen MR) is 106 cm³/mol. The summed E-state index contributed by atoms with van der Waals surface area (Å²) in [6.07, 6.45) is 0.0860. The molecule has 2 N–H and O–H groups in total. The van der Waals surface area contributed by atoms with Gasteiger partial charge in [-0.15, -0.1) is 0 Å². The Hall–Kier alpha value is -1.82. The van der Waals surface area contributed by atoms with Gasteiger partial charge in [-0.1, -0.05) is 33.8 Å². The zero-order valence-corrected chi connectivity index (χ0v) is 16.8. The maximum absolute atomic E-state index is 13.1. The van der Waals surface area contributed by atoms with E-state index in [9.17, 15) is 18.3 Å². The van der Waals surface area contributed by atoms with Crippen molar-refractivity contribution in [3.8, 4) is 5.75 Å². The first kappa shape index (κ1) is 23.2. The smallest absolute Gasteiger partial charge is 0.419 e. The highest BCUT2D eigenvalue weighted by atomic mass is 19.4. The fraction of sp³-hybridized carbons (Fsp3) is 0.571. The molecule has 1 aliphatic heterocycles. The third-order valence-corrected chi connectivity index (χ3v) is 4.66. The van der Waals surface area contributed by atoms with Gasteiger partial charge in [0.05, 0.1) is 11.3 Å². The van der Waals surface area contributed by atoms with E-state index >= 15 is 0 Å². The van der Waals surface area contributed by atoms with Gasteiger partial charge in [0.15, 0.2) is 0 Å². The van der Waals surface area contributed by atoms with E-state index in [0.29, 0.717) is 11.3 Å². The topological polar surface area (TPSA) is 44.6 Å². The molecule has 0 saturated carbocycles. The number of nitrogens with zero attached hydrogens (tertiary/aromatic N) is 1. The fourth-order valence-corrected chi connectivity index (χ4v) is 3.03. The zero-order chi connectivity index (χ0) is 20.6. The summed E-state index contributed by atoms with van der Waals surface area (Å²) in [7, 11) is 0. The zero-order valence-electron chi connectivity index (χ0n) is 16.8. The van der Waals surface area contributed by atoms with Crippen LogP contribution in [0.25, 0.3) is 5.70 Å². The summed E-state index contributed by atoms with van der Waals surface area (Å²) < 4.78 is 39.2. The number of nitrogens with one attached hydrogen (secondary N) is 1. The highest BCUT2D eigenvalue weighted by molar-refractivity contribution is 5.95. The second kappa shape index (κ2) is 10.5. The fourth-order valence-electron chi connectivity index (χ4n) is 3.03. The van der Waals surface area contributed by atoms with Crippen molar-refractivity contribution in [2.24, 2.45) is 10.9 Å². The van der Waals surface area contributed by atoms with Gasteiger partial charge in [0.25, 0.3) is 0 Å². The van der Waals surface area contributed by atoms with Gasteiger partial charge in [0, 0.05) is 17.3 Å². The number of hydrogen-bond acceptors (Lipinski definition) is 3. The summed E-state index contributed by atoms with van der Waals surface area (Å²) in [4.78, 5) is 4.74. The van der Waals surface area contributed by atoms with E-state index in [4.69, 9.17) is 4.99 Å². The summed E-state index contributed by atoms with van der Waals surface area (Å²) in [5.41, 5.74) is 0.791. The Morgan fingerprint density at radius 3 is 2.52 bits per heavy atom. The molecule has 0 aromatic heterocycles. The second-order valence-corrected chi connectivity index (χ2v) is 6.40. The van der Waals surface area contributed by atoms with Crippen molar-refractivity contribution in [2.45, 2.75) is 66.1 Å². The molecule has 2 atom stereocenters. The summed E-state index contributed by atoms with van der Waals surface area (Å²) in [6.45, 7) is 10.9. The molecule has 1 aliphatic rings. The van der Waals surface area contributed by atoms with Crippen molar-refractivity contribution in [1.29, 1.82) is 0 Å². The second-order valence-electron chi connectivity index (χ2n) is 6.40. The lowest BCUT2D eigenvalue weighted by atomic mass is 9.95. The summed E-state index contributed by atoms with van der Waals surface area (Å²) in [5.74, 6) is -0.528. The normalized spacial score (nSPS) is 19.5. The van der Waals surface area contributed by atoms with Crippen molar-refractivity contribution >= 4 is 11.4 Å². The van der Waals surface area contributed by atoms with Gasteiger partial charge in [-0.25, -0.2) is 0 Å². The third kappa shape index (κ3) is 6.09. The standard InChI is InChI=1S/C19H25F3N2O.C2H6/c1-4-12(3)18(16-7-6-10-23-16)24-15(5-2)13-8-9-17(25)14(11-13)19(20,21)22;1-2/h5,8-9,11-12,16,23,25H,4,6-7,10H2,1-3H3;1-2H3/b15-5-,24-18?;. The lowest BCUT2D eigenvalue weighted by Gasteiger charge is -2.21. The van der Waals surface area contributed by atoms with Gasteiger partial charge in [-0.2, -0.15) is 13.2 Å². The molecule has 2 unspecified atom stereocenters. The molecule has 0 aliphatic carbocycles. The van der Waals surface area contributed by atoms with Gasteiger partial charge in [-0.05, 0) is 56.8 Å². The van der Waals surface area contributed by atoms with Crippen molar-refractivity contribution < 1.29 is 18.3 Å². The predicted octanol–water partition coefficient (Wildman–Crippen LogP) is 6.04. The van der Waals surface area contributed by atoms with Crippen molar-refractivity contribution in [3.63, 3.8) is 0 Å². The minimum atomic E-state index is -4.60. The Morgan fingerprint density at radius 2 is 2.04 bits per heavy atom. The van der Waals surface area contributed by atoms with Gasteiger partial charge >= 0.3 is 6.18 Å². The van der Waals surface area contributed by atoms with Gasteiger partial charge in [0.1, 0.15) is 5.75 Å². The maximum Gasteiger partial charge on any atom is 0.419 e. The number of hydrogen-bond donors (Lipinski definition) is 2. The molecule has 152 valence electrons. The van der Waals surface area contributed by atoms with Crippen molar-refractivity contribution in [1.82, 2.24) is 5.32 Å². The molecule has 1 saturated heterocycles. The van der Waals surface area contributed by atoms with E-state index in [0.717, 1.165) is 43.7 Å². The highest BCUT2D eigenvalue weighted by Gasteiger charge is 2.34. The number of phenolic OH excluding ortho intramolecular Hbond substituents is 1. The number of aliphatic imine (C=N–C) groups is 1. The third-order valence-electron chi connectivity index (χ3n) is 4.66. The van der Waals surface area contributed by atoms with Gasteiger partial charge in [-0.3, -0.25) is 4.99 Å². The molecule has 0 amide bonds. The molecule has 1 aromatic rings. The molecule has 0 spiro atoms. The molecule has 2 rings (SSSR count). The number of halogens is 3. The SMILES string of the molecule is C/C=C(\N=C(C(C)CC)C1CCCN1)c1ccc(O)c(C(F)(F)F)c1.CC. The maximum atomic E-state index is 13.1. The van der Waals surface area contributed by atoms with Gasteiger partial charge in [0.2, 0.25) is 0 Å². The first-order valence-electron chi connectivity index (χ1n) is 9.66. The Morgan fingerprint density at radius 1 is 1.37 bits per heavy atom. The average molecular weight is 384 g/mol. The molecule has 1 aromatic carbocycles. The van der Waals surface area contributed by atoms with Crippen LogP contribution in [0, 0.1) is 5.92 Å². The number of benzene rings is 1. The van der Waals surface area contributed by atoms with E-state index < -0.39 is 17.5 Å². The van der Waals surface area contributed by atoms with E-state index in [1.807, 2.05) is 13.8 Å². The van der Waals surface area contributed by atoms with Crippen LogP contribution in [0.4, 0.5) is 13.2 Å². The van der Waals surface area contributed by atoms with Crippen molar-refractivity contribution in [2.75, 3.05) is 6.54 Å². The highest BCUT2D eigenvalue weighted by Crippen LogP contribution is 2.37. The van der Waals surface area contributed by atoms with E-state index in [2.05, 4.69) is 19.2 Å². The Labute approximate surface area is 160 Å². The molecular formula is C21H31F3N2O. The van der Waals surface area contributed by atoms with Crippen LogP contribution in [0.15, 0.2) is 29.3 Å². The van der Waals surface area contributed by atoms with Crippen LogP contribution >= 0.6 is 0 Å². The van der Waals surface area contributed by atoms with Crippen LogP contribution in [-0.2, 0) is 6.18 Å². The van der Waals surface area contributed by atoms with Crippen LogP contribution in [0.1, 0.15) is 65.0 Å². The first-order chi connectivity index (χ1) is 12.8. The van der Waals surface area contributed by atoms with Crippen LogP contribution in [0.5, 0.6) is 5.75 Å². The molecule has 6 heteroatoms. The van der Waals surface area contributed by atoms with Crippen LogP contribution in [-0.4, -0.2) is 23.4 Å². The molecule has 27 heavy (non-hydrogen) atoms. The number of phenols is 1. The van der Waals surface area contributed by atoms with Crippen LogP contribution in [0.3, 0.4) is 0 Å². The summed E-state index contributed by atoms with van der Waals surface area (Å²) in [5, 5.41) is 12.9. The largest absolute Gasteiger partial charge is 0.507 e. The number of allylic oxidation sites excluding steroid dienone is 1. The number of alkyl halides is 3. The molecular weight excluding hydrogens is 353 g/mol. The number of aromatic hydroxyl groups is 1. The van der Waals surface area contributed by atoms with E-state index in [-0.39, 0.29) is 12.0 Å². The Balaban J connectivity index is 0.00000176. The molecule has 1 heterocycles. The minimum Gasteiger partial charge on any atom is -0.507 e. The Bertz CT molecular complexity index is 660. The quantitative estimate of drug-likeness (QED) is 0.608. The summed E-state index contributed by atoms with van der Waals surface area (Å²) >= 11 is 0. The van der Waals surface area contributed by atoms with E-state index in [1.165, 1.54) is 6.07 Å². The molecule has 3 nitrogen and oxygen atoms in total. The van der Waals surface area contributed by atoms with Crippen molar-refractivity contribution in [3.05, 3.63) is 35.4 Å². The van der Waals surface area contributed by atoms with Crippen LogP contribution in [0.2, 0.25) is 0 Å². The molecule has 0 bridgehead atoms. The lowest BCUT2D eigenvalue weighted by Crippen LogP contribution is -2.34. The first-order valence-corrected chi connectivity index (χ1v) is 9.66. The van der Waals surface area contributed by atoms with Crippen LogP contribution < -0.4 is 5.32 Å². The van der Waals surface area contributed by atoms with Gasteiger partial charge < -0.3 is 10.4 Å². The lowest BCUT2D eigenvalue weighted by molar-refractivity contribution is -0.138.